The van der Waals surface area contributed by atoms with Crippen LogP contribution in [0, 0.1) is 12.7 Å². The van der Waals surface area contributed by atoms with Crippen LogP contribution < -0.4 is 0 Å². The number of likely N-dealkylation sites (tertiary alicyclic amines) is 1. The second-order valence-electron chi connectivity index (χ2n) is 7.30. The Labute approximate surface area is 162 Å². The van der Waals surface area contributed by atoms with Gasteiger partial charge in [-0.25, -0.2) is 4.39 Å². The molecule has 3 aromatic rings. The largest absolute Gasteiger partial charge is 0.356 e. The van der Waals surface area contributed by atoms with E-state index in [-0.39, 0.29) is 24.2 Å². The summed E-state index contributed by atoms with van der Waals surface area (Å²) in [4.78, 5) is 14.9. The molecule has 1 amide bonds. The van der Waals surface area contributed by atoms with Gasteiger partial charge in [-0.3, -0.25) is 9.48 Å². The minimum Gasteiger partial charge on any atom is -0.356 e. The number of carbonyl (C=O) groups is 1. The second kappa shape index (κ2) is 7.58. The molecule has 0 saturated carbocycles. The molecular formula is C21H23FN4O2. The van der Waals surface area contributed by atoms with Gasteiger partial charge in [0.2, 0.25) is 5.91 Å². The van der Waals surface area contributed by atoms with Gasteiger partial charge in [-0.1, -0.05) is 23.4 Å². The van der Waals surface area contributed by atoms with Crippen molar-refractivity contribution in [3.05, 3.63) is 59.3 Å². The van der Waals surface area contributed by atoms with E-state index in [0.717, 1.165) is 36.2 Å². The summed E-state index contributed by atoms with van der Waals surface area (Å²) in [6.45, 7) is 2.51. The fourth-order valence-corrected chi connectivity index (χ4v) is 3.85. The zero-order valence-corrected chi connectivity index (χ0v) is 16.1. The van der Waals surface area contributed by atoms with Gasteiger partial charge < -0.3 is 9.42 Å². The number of rotatable bonds is 4. The number of halogens is 1. The van der Waals surface area contributed by atoms with E-state index in [4.69, 9.17) is 4.52 Å². The van der Waals surface area contributed by atoms with E-state index in [9.17, 15) is 9.18 Å². The zero-order chi connectivity index (χ0) is 19.7. The summed E-state index contributed by atoms with van der Waals surface area (Å²) < 4.78 is 21.2. The van der Waals surface area contributed by atoms with E-state index in [2.05, 4.69) is 10.3 Å². The van der Waals surface area contributed by atoms with Gasteiger partial charge in [0.15, 0.2) is 5.76 Å². The molecule has 0 N–H and O–H groups in total. The normalized spacial score (nSPS) is 17.1. The van der Waals surface area contributed by atoms with Gasteiger partial charge in [0.05, 0.1) is 29.4 Å². The number of nitrogens with zero attached hydrogens (tertiary/aromatic N) is 4. The van der Waals surface area contributed by atoms with Crippen molar-refractivity contribution in [2.24, 2.45) is 7.05 Å². The fourth-order valence-electron chi connectivity index (χ4n) is 3.85. The van der Waals surface area contributed by atoms with Gasteiger partial charge in [-0.15, -0.1) is 0 Å². The lowest BCUT2D eigenvalue weighted by Crippen LogP contribution is -2.40. The Morgan fingerprint density at radius 2 is 2.14 bits per heavy atom. The Kier molecular flexibility index (Phi) is 4.98. The second-order valence-corrected chi connectivity index (χ2v) is 7.30. The van der Waals surface area contributed by atoms with Crippen LogP contribution in [0.5, 0.6) is 0 Å². The summed E-state index contributed by atoms with van der Waals surface area (Å²) in [5.74, 6) is 0.216. The Morgan fingerprint density at radius 3 is 2.89 bits per heavy atom. The number of amides is 1. The van der Waals surface area contributed by atoms with Crippen LogP contribution in [0.1, 0.15) is 42.3 Å². The molecule has 4 rings (SSSR count). The molecule has 0 radical (unpaired) electrons. The molecule has 146 valence electrons. The van der Waals surface area contributed by atoms with E-state index in [1.807, 2.05) is 31.1 Å². The summed E-state index contributed by atoms with van der Waals surface area (Å²) >= 11 is 0. The van der Waals surface area contributed by atoms with E-state index in [0.29, 0.717) is 17.9 Å². The van der Waals surface area contributed by atoms with Crippen LogP contribution >= 0.6 is 0 Å². The number of aryl methyl sites for hydroxylation is 2. The van der Waals surface area contributed by atoms with E-state index in [1.165, 1.54) is 6.07 Å². The Bertz CT molecular complexity index is 994. The minimum absolute atomic E-state index is 0.0484. The molecule has 1 aromatic carbocycles. The maximum atomic E-state index is 14.0. The number of hydrogen-bond acceptors (Lipinski definition) is 4. The molecule has 6 nitrogen and oxygen atoms in total. The van der Waals surface area contributed by atoms with Crippen molar-refractivity contribution < 1.29 is 13.7 Å². The predicted octanol–water partition coefficient (Wildman–Crippen LogP) is 3.82. The highest BCUT2D eigenvalue weighted by atomic mass is 19.1. The van der Waals surface area contributed by atoms with Gasteiger partial charge >= 0.3 is 0 Å². The standard InChI is InChI=1S/C21H23FN4O2/c1-14-11-19(28-24-14)16-13-25(2)23-21(16)18-9-5-6-10-26(18)20(27)12-15-7-3-4-8-17(15)22/h3-4,7-8,11,13,18H,5-6,9-10,12H2,1-2H3/t18-/m0/s1. The van der Waals surface area contributed by atoms with Crippen LogP contribution in [0.4, 0.5) is 4.39 Å². The average Bonchev–Trinajstić information content (AvgIpc) is 3.29. The van der Waals surface area contributed by atoms with E-state index in [1.54, 1.807) is 22.9 Å². The fraction of sp³-hybridized carbons (Fsp3) is 0.381. The van der Waals surface area contributed by atoms with Crippen molar-refractivity contribution in [2.45, 2.75) is 38.6 Å². The molecule has 28 heavy (non-hydrogen) atoms. The number of carbonyl (C=O) groups excluding carboxylic acids is 1. The molecule has 1 aliphatic heterocycles. The highest BCUT2D eigenvalue weighted by molar-refractivity contribution is 5.79. The molecule has 1 atom stereocenters. The molecule has 2 aromatic heterocycles. The van der Waals surface area contributed by atoms with Crippen molar-refractivity contribution in [3.63, 3.8) is 0 Å². The third kappa shape index (κ3) is 3.56. The molecule has 0 aliphatic carbocycles. The molecule has 0 spiro atoms. The third-order valence-electron chi connectivity index (χ3n) is 5.19. The van der Waals surface area contributed by atoms with Gasteiger partial charge in [0.25, 0.3) is 0 Å². The molecule has 3 heterocycles. The maximum Gasteiger partial charge on any atom is 0.227 e. The van der Waals surface area contributed by atoms with Crippen molar-refractivity contribution >= 4 is 5.91 Å². The van der Waals surface area contributed by atoms with E-state index < -0.39 is 0 Å². The Hall–Kier alpha value is -2.96. The first-order chi connectivity index (χ1) is 13.5. The number of benzene rings is 1. The van der Waals surface area contributed by atoms with Crippen molar-refractivity contribution in [2.75, 3.05) is 6.54 Å². The van der Waals surface area contributed by atoms with Crippen LogP contribution in [0.15, 0.2) is 41.1 Å². The minimum atomic E-state index is -0.347. The first-order valence-electron chi connectivity index (χ1n) is 9.53. The quantitative estimate of drug-likeness (QED) is 0.688. The number of piperidine rings is 1. The molecule has 7 heteroatoms. The molecule has 1 aliphatic rings. The summed E-state index contributed by atoms with van der Waals surface area (Å²) in [7, 11) is 1.85. The lowest BCUT2D eigenvalue weighted by Gasteiger charge is -2.35. The van der Waals surface area contributed by atoms with Crippen molar-refractivity contribution in [1.82, 2.24) is 19.8 Å². The topological polar surface area (TPSA) is 64.2 Å². The first kappa shape index (κ1) is 18.4. The van der Waals surface area contributed by atoms with Crippen molar-refractivity contribution in [3.8, 4) is 11.3 Å². The average molecular weight is 382 g/mol. The molecule has 1 fully saturated rings. The highest BCUT2D eigenvalue weighted by Gasteiger charge is 2.32. The number of aromatic nitrogens is 3. The zero-order valence-electron chi connectivity index (χ0n) is 16.1. The Morgan fingerprint density at radius 1 is 1.32 bits per heavy atom. The van der Waals surface area contributed by atoms with Crippen LogP contribution in [-0.4, -0.2) is 32.3 Å². The van der Waals surface area contributed by atoms with Gasteiger partial charge in [-0.2, -0.15) is 5.10 Å². The SMILES string of the molecule is Cc1cc(-c2cn(C)nc2[C@@H]2CCCCN2C(=O)Cc2ccccc2F)on1. The third-order valence-corrected chi connectivity index (χ3v) is 5.19. The lowest BCUT2D eigenvalue weighted by atomic mass is 9.95. The lowest BCUT2D eigenvalue weighted by molar-refractivity contribution is -0.134. The summed E-state index contributed by atoms with van der Waals surface area (Å²) in [6.07, 6.45) is 4.71. The van der Waals surface area contributed by atoms with E-state index >= 15 is 0 Å². The van der Waals surface area contributed by atoms with Crippen LogP contribution in [0.2, 0.25) is 0 Å². The summed E-state index contributed by atoms with van der Waals surface area (Å²) in [6, 6.07) is 8.15. The number of hydrogen-bond donors (Lipinski definition) is 0. The molecule has 0 bridgehead atoms. The maximum absolute atomic E-state index is 14.0. The molecule has 0 unspecified atom stereocenters. The summed E-state index contributed by atoms with van der Waals surface area (Å²) in [5.41, 5.74) is 2.86. The molecular weight excluding hydrogens is 359 g/mol. The highest BCUT2D eigenvalue weighted by Crippen LogP contribution is 2.36. The summed E-state index contributed by atoms with van der Waals surface area (Å²) in [5, 5.41) is 8.61. The Balaban J connectivity index is 1.65. The smallest absolute Gasteiger partial charge is 0.227 e. The van der Waals surface area contributed by atoms with Crippen LogP contribution in [-0.2, 0) is 18.3 Å². The monoisotopic (exact) mass is 382 g/mol. The van der Waals surface area contributed by atoms with Crippen LogP contribution in [0.25, 0.3) is 11.3 Å². The first-order valence-corrected chi connectivity index (χ1v) is 9.53. The van der Waals surface area contributed by atoms with Gasteiger partial charge in [0, 0.05) is 25.9 Å². The van der Waals surface area contributed by atoms with Gasteiger partial charge in [-0.05, 0) is 37.8 Å². The van der Waals surface area contributed by atoms with Crippen LogP contribution in [0.3, 0.4) is 0 Å². The predicted molar refractivity (Wildman–Crippen MR) is 102 cm³/mol. The molecule has 1 saturated heterocycles. The van der Waals surface area contributed by atoms with Crippen molar-refractivity contribution in [1.29, 1.82) is 0 Å². The van der Waals surface area contributed by atoms with Gasteiger partial charge in [0.1, 0.15) is 5.82 Å².